The second kappa shape index (κ2) is 2.85. The largest absolute Gasteiger partial charge is 0.316 e. The van der Waals surface area contributed by atoms with Crippen LogP contribution >= 0.6 is 0 Å². The molecule has 90 valence electrons. The highest BCUT2D eigenvalue weighted by Crippen LogP contribution is 2.76. The molecule has 4 aliphatic carbocycles. The fourth-order valence-corrected chi connectivity index (χ4v) is 6.29. The van der Waals surface area contributed by atoms with Crippen molar-refractivity contribution in [1.82, 2.24) is 5.32 Å². The minimum absolute atomic E-state index is 0.762. The number of hydrogen-bond donors (Lipinski definition) is 1. The Morgan fingerprint density at radius 3 is 2.75 bits per heavy atom. The Labute approximate surface area is 99.4 Å². The Hall–Kier alpha value is -0.0400. The first kappa shape index (κ1) is 9.94. The van der Waals surface area contributed by atoms with Gasteiger partial charge in [-0.2, -0.15) is 0 Å². The van der Waals surface area contributed by atoms with Crippen LogP contribution in [0, 0.1) is 40.9 Å². The van der Waals surface area contributed by atoms with Gasteiger partial charge in [0, 0.05) is 6.04 Å². The number of nitrogens with one attached hydrogen (secondary N) is 1. The van der Waals surface area contributed by atoms with Gasteiger partial charge in [0.1, 0.15) is 0 Å². The molecule has 0 aliphatic heterocycles. The maximum atomic E-state index is 3.69. The zero-order valence-electron chi connectivity index (χ0n) is 10.9. The van der Waals surface area contributed by atoms with E-state index in [1.165, 1.54) is 19.3 Å². The van der Waals surface area contributed by atoms with Crippen molar-refractivity contribution in [3.63, 3.8) is 0 Å². The molecule has 0 heterocycles. The Balaban J connectivity index is 1.79. The molecular formula is C15H25N. The number of fused-ring (bicyclic) bond motifs is 3. The lowest BCUT2D eigenvalue weighted by Gasteiger charge is -2.49. The van der Waals surface area contributed by atoms with E-state index in [1.807, 2.05) is 0 Å². The highest BCUT2D eigenvalue weighted by atomic mass is 14.9. The summed E-state index contributed by atoms with van der Waals surface area (Å²) >= 11 is 0. The average Bonchev–Trinajstić information content (AvgIpc) is 2.81. The van der Waals surface area contributed by atoms with Crippen molar-refractivity contribution >= 4 is 0 Å². The fourth-order valence-electron chi connectivity index (χ4n) is 6.29. The van der Waals surface area contributed by atoms with Crippen molar-refractivity contribution in [2.75, 3.05) is 7.05 Å². The summed E-state index contributed by atoms with van der Waals surface area (Å²) in [6.45, 7) is 5.15. The molecule has 3 bridgehead atoms. The van der Waals surface area contributed by atoms with Gasteiger partial charge in [0.2, 0.25) is 0 Å². The van der Waals surface area contributed by atoms with Gasteiger partial charge in [-0.05, 0) is 73.7 Å². The van der Waals surface area contributed by atoms with Gasteiger partial charge < -0.3 is 5.32 Å². The van der Waals surface area contributed by atoms with Crippen LogP contribution in [0.1, 0.15) is 39.5 Å². The Bertz CT molecular complexity index is 323. The third-order valence-corrected chi connectivity index (χ3v) is 7.17. The molecule has 8 unspecified atom stereocenters. The van der Waals surface area contributed by atoms with E-state index >= 15 is 0 Å². The first-order valence-electron chi connectivity index (χ1n) is 7.34. The average molecular weight is 219 g/mol. The third-order valence-electron chi connectivity index (χ3n) is 7.17. The topological polar surface area (TPSA) is 12.0 Å². The van der Waals surface area contributed by atoms with Crippen LogP contribution in [-0.2, 0) is 0 Å². The predicted octanol–water partition coefficient (Wildman–Crippen LogP) is 2.91. The Kier molecular flexibility index (Phi) is 1.77. The fraction of sp³-hybridized carbons (Fsp3) is 1.00. The van der Waals surface area contributed by atoms with Crippen molar-refractivity contribution in [1.29, 1.82) is 0 Å². The normalized spacial score (nSPS) is 66.6. The van der Waals surface area contributed by atoms with Crippen LogP contribution in [0.2, 0.25) is 0 Å². The van der Waals surface area contributed by atoms with Gasteiger partial charge in [-0.1, -0.05) is 13.8 Å². The monoisotopic (exact) mass is 219 g/mol. The van der Waals surface area contributed by atoms with Gasteiger partial charge in [0.05, 0.1) is 0 Å². The molecule has 1 N–H and O–H groups in total. The zero-order chi connectivity index (χ0) is 11.1. The van der Waals surface area contributed by atoms with E-state index in [0.29, 0.717) is 0 Å². The summed E-state index contributed by atoms with van der Waals surface area (Å²) in [6.07, 6.45) is 6.14. The van der Waals surface area contributed by atoms with E-state index < -0.39 is 0 Å². The first-order valence-corrected chi connectivity index (χ1v) is 7.34. The first-order chi connectivity index (χ1) is 7.66. The predicted molar refractivity (Wildman–Crippen MR) is 66.0 cm³/mol. The molecule has 4 aliphatic rings. The summed E-state index contributed by atoms with van der Waals surface area (Å²) in [6, 6.07) is 0.850. The third kappa shape index (κ3) is 0.939. The highest BCUT2D eigenvalue weighted by molar-refractivity contribution is 5.20. The molecule has 4 fully saturated rings. The van der Waals surface area contributed by atoms with Crippen LogP contribution in [0.4, 0.5) is 0 Å². The SMILES string of the molecule is CNC1C2CCC3(C)C4CC(C2)C(C)C1C43. The molecule has 0 aromatic heterocycles. The summed E-state index contributed by atoms with van der Waals surface area (Å²) in [4.78, 5) is 0. The van der Waals surface area contributed by atoms with Crippen LogP contribution in [-0.4, -0.2) is 13.1 Å². The van der Waals surface area contributed by atoms with Crippen LogP contribution in [0.25, 0.3) is 0 Å². The van der Waals surface area contributed by atoms with Crippen LogP contribution < -0.4 is 5.32 Å². The quantitative estimate of drug-likeness (QED) is 0.715. The van der Waals surface area contributed by atoms with Crippen molar-refractivity contribution < 1.29 is 0 Å². The second-order valence-electron chi connectivity index (χ2n) is 7.42. The second-order valence-corrected chi connectivity index (χ2v) is 7.42. The Morgan fingerprint density at radius 2 is 2.00 bits per heavy atom. The summed E-state index contributed by atoms with van der Waals surface area (Å²) in [7, 11) is 2.21. The molecule has 4 saturated carbocycles. The van der Waals surface area contributed by atoms with E-state index in [-0.39, 0.29) is 0 Å². The molecule has 0 aromatic carbocycles. The van der Waals surface area contributed by atoms with Crippen LogP contribution in [0.5, 0.6) is 0 Å². The smallest absolute Gasteiger partial charge is 0.0126 e. The molecule has 0 spiro atoms. The van der Waals surface area contributed by atoms with Crippen molar-refractivity contribution in [3.8, 4) is 0 Å². The lowest BCUT2D eigenvalue weighted by Crippen LogP contribution is -2.51. The molecule has 1 nitrogen and oxygen atoms in total. The molecule has 4 rings (SSSR count). The van der Waals surface area contributed by atoms with E-state index in [4.69, 9.17) is 0 Å². The molecule has 0 amide bonds. The van der Waals surface area contributed by atoms with Crippen molar-refractivity contribution in [3.05, 3.63) is 0 Å². The number of hydrogen-bond acceptors (Lipinski definition) is 1. The minimum Gasteiger partial charge on any atom is -0.316 e. The number of rotatable bonds is 1. The molecule has 0 aromatic rings. The van der Waals surface area contributed by atoms with Crippen LogP contribution in [0.3, 0.4) is 0 Å². The molecule has 1 heteroatoms. The Morgan fingerprint density at radius 1 is 1.19 bits per heavy atom. The highest BCUT2D eigenvalue weighted by Gasteiger charge is 2.71. The van der Waals surface area contributed by atoms with Crippen molar-refractivity contribution in [2.24, 2.45) is 40.9 Å². The maximum absolute atomic E-state index is 3.69. The van der Waals surface area contributed by atoms with E-state index in [1.54, 1.807) is 6.42 Å². The summed E-state index contributed by atoms with van der Waals surface area (Å²) in [5.41, 5.74) is 0.762. The zero-order valence-corrected chi connectivity index (χ0v) is 10.9. The van der Waals surface area contributed by atoms with Gasteiger partial charge >= 0.3 is 0 Å². The summed E-state index contributed by atoms with van der Waals surface area (Å²) in [5, 5.41) is 3.69. The van der Waals surface area contributed by atoms with Gasteiger partial charge in [0.25, 0.3) is 0 Å². The van der Waals surface area contributed by atoms with Gasteiger partial charge in [0.15, 0.2) is 0 Å². The van der Waals surface area contributed by atoms with E-state index in [0.717, 1.165) is 47.0 Å². The lowest BCUT2D eigenvalue weighted by atomic mass is 9.59. The van der Waals surface area contributed by atoms with Crippen molar-refractivity contribution in [2.45, 2.75) is 45.6 Å². The van der Waals surface area contributed by atoms with Gasteiger partial charge in [-0.3, -0.25) is 0 Å². The standard InChI is InChI=1S/C15H25N/c1-8-10-6-9-4-5-15(2)11(7-10)13(15)12(8)14(9)16-3/h8-14,16H,4-7H2,1-3H3. The molecule has 8 atom stereocenters. The molecule has 16 heavy (non-hydrogen) atoms. The van der Waals surface area contributed by atoms with E-state index in [9.17, 15) is 0 Å². The summed E-state index contributed by atoms with van der Waals surface area (Å²) < 4.78 is 0. The van der Waals surface area contributed by atoms with Crippen LogP contribution in [0.15, 0.2) is 0 Å². The molecule has 0 radical (unpaired) electrons. The minimum atomic E-state index is 0.762. The molecular weight excluding hydrogens is 194 g/mol. The maximum Gasteiger partial charge on any atom is 0.0126 e. The van der Waals surface area contributed by atoms with Gasteiger partial charge in [-0.15, -0.1) is 0 Å². The summed E-state index contributed by atoms with van der Waals surface area (Å²) in [5.74, 6) is 6.27. The lowest BCUT2D eigenvalue weighted by molar-refractivity contribution is 0.0245. The molecule has 0 saturated heterocycles. The van der Waals surface area contributed by atoms with Gasteiger partial charge in [-0.25, -0.2) is 0 Å². The van der Waals surface area contributed by atoms with E-state index in [2.05, 4.69) is 26.2 Å².